The van der Waals surface area contributed by atoms with Gasteiger partial charge in [-0.25, -0.2) is 4.79 Å². The van der Waals surface area contributed by atoms with Crippen LogP contribution < -0.4 is 5.32 Å². The molecule has 0 aromatic rings. The Labute approximate surface area is 160 Å². The summed E-state index contributed by atoms with van der Waals surface area (Å²) in [6.07, 6.45) is 11.5. The predicted octanol–water partition coefficient (Wildman–Crippen LogP) is 2.23. The number of nitrogens with one attached hydrogen (secondary N) is 1. The van der Waals surface area contributed by atoms with Gasteiger partial charge >= 0.3 is 6.09 Å². The van der Waals surface area contributed by atoms with Crippen LogP contribution in [0.3, 0.4) is 0 Å². The molecule has 0 aromatic carbocycles. The normalized spacial score (nSPS) is 23.1. The number of hydrogen-bond donors (Lipinski definition) is 1. The highest BCUT2D eigenvalue weighted by Gasteiger charge is 2.26. The van der Waals surface area contributed by atoms with Crippen molar-refractivity contribution in [2.75, 3.05) is 39.5 Å². The van der Waals surface area contributed by atoms with Gasteiger partial charge in [-0.1, -0.05) is 0 Å². The Morgan fingerprint density at radius 1 is 1.26 bits per heavy atom. The zero-order chi connectivity index (χ0) is 19.1. The number of rotatable bonds is 5. The Bertz CT molecular complexity index is 615. The second kappa shape index (κ2) is 9.60. The average Bonchev–Trinajstić information content (AvgIpc) is 3.09. The topological polar surface area (TPSA) is 71.1 Å². The lowest BCUT2D eigenvalue weighted by Gasteiger charge is -2.33. The molecule has 0 saturated carbocycles. The van der Waals surface area contributed by atoms with Crippen LogP contribution in [0.1, 0.15) is 26.2 Å². The molecule has 27 heavy (non-hydrogen) atoms. The maximum atomic E-state index is 12.4. The third-order valence-electron chi connectivity index (χ3n) is 5.22. The molecule has 1 unspecified atom stereocenters. The standard InChI is InChI=1S/C20H29N3O4/c1-2-27-20(25)23-9-3-4-18(7-12-23)22-10-5-17(6-11-22)19(24)21-14-16-8-13-26-15-16/h3-4,7,9,12,16-17H,2,5-6,8,10-11,13-15H2,1H3,(H,21,24). The summed E-state index contributed by atoms with van der Waals surface area (Å²) in [5.74, 6) is 0.704. The van der Waals surface area contributed by atoms with Gasteiger partial charge in [0.25, 0.3) is 0 Å². The van der Waals surface area contributed by atoms with Gasteiger partial charge in [-0.3, -0.25) is 9.69 Å². The van der Waals surface area contributed by atoms with Crippen LogP contribution in [0.25, 0.3) is 0 Å². The van der Waals surface area contributed by atoms with Crippen molar-refractivity contribution >= 4 is 12.0 Å². The molecule has 148 valence electrons. The predicted molar refractivity (Wildman–Crippen MR) is 101 cm³/mol. The smallest absolute Gasteiger partial charge is 0.417 e. The van der Waals surface area contributed by atoms with Crippen molar-refractivity contribution in [2.45, 2.75) is 26.2 Å². The molecule has 2 saturated heterocycles. The Hall–Kier alpha value is -2.28. The molecule has 1 atom stereocenters. The van der Waals surface area contributed by atoms with Gasteiger partial charge in [-0.05, 0) is 44.4 Å². The minimum absolute atomic E-state index is 0.0745. The average molecular weight is 375 g/mol. The Balaban J connectivity index is 1.45. The van der Waals surface area contributed by atoms with Crippen molar-refractivity contribution in [3.05, 3.63) is 36.3 Å². The lowest BCUT2D eigenvalue weighted by atomic mass is 9.95. The van der Waals surface area contributed by atoms with Crippen LogP contribution in [0.15, 0.2) is 36.3 Å². The van der Waals surface area contributed by atoms with Crippen LogP contribution in [-0.2, 0) is 14.3 Å². The van der Waals surface area contributed by atoms with Gasteiger partial charge in [0, 0.05) is 56.2 Å². The van der Waals surface area contributed by atoms with E-state index in [0.717, 1.165) is 57.8 Å². The number of carbonyl (C=O) groups is 2. The van der Waals surface area contributed by atoms with E-state index in [4.69, 9.17) is 9.47 Å². The van der Waals surface area contributed by atoms with E-state index in [1.54, 1.807) is 19.3 Å². The van der Waals surface area contributed by atoms with E-state index in [9.17, 15) is 9.59 Å². The molecule has 0 bridgehead atoms. The number of hydrogen-bond acceptors (Lipinski definition) is 5. The fourth-order valence-electron chi connectivity index (χ4n) is 3.56. The van der Waals surface area contributed by atoms with E-state index in [-0.39, 0.29) is 17.9 Å². The van der Waals surface area contributed by atoms with Crippen LogP contribution in [0, 0.1) is 11.8 Å². The van der Waals surface area contributed by atoms with Crippen LogP contribution in [-0.4, -0.2) is 61.3 Å². The fraction of sp³-hybridized carbons (Fsp3) is 0.600. The van der Waals surface area contributed by atoms with Gasteiger partial charge in [0.15, 0.2) is 0 Å². The van der Waals surface area contributed by atoms with Crippen molar-refractivity contribution in [1.82, 2.24) is 15.1 Å². The summed E-state index contributed by atoms with van der Waals surface area (Å²) in [7, 11) is 0. The number of allylic oxidation sites excluding steroid dienone is 3. The quantitative estimate of drug-likeness (QED) is 0.798. The first-order chi connectivity index (χ1) is 13.2. The summed E-state index contributed by atoms with van der Waals surface area (Å²) in [5, 5.41) is 3.09. The van der Waals surface area contributed by atoms with E-state index in [1.807, 2.05) is 18.2 Å². The second-order valence-corrected chi connectivity index (χ2v) is 7.09. The van der Waals surface area contributed by atoms with Gasteiger partial charge in [0.05, 0.1) is 13.2 Å². The van der Waals surface area contributed by atoms with E-state index < -0.39 is 0 Å². The second-order valence-electron chi connectivity index (χ2n) is 7.09. The molecule has 1 N–H and O–H groups in total. The lowest BCUT2D eigenvalue weighted by Crippen LogP contribution is -2.41. The Morgan fingerprint density at radius 2 is 2.07 bits per heavy atom. The third kappa shape index (κ3) is 5.35. The van der Waals surface area contributed by atoms with Gasteiger partial charge in [0.1, 0.15) is 0 Å². The number of piperidine rings is 1. The number of likely N-dealkylation sites (tertiary alicyclic amines) is 1. The molecule has 7 heteroatoms. The van der Waals surface area contributed by atoms with Crippen molar-refractivity contribution in [1.29, 1.82) is 0 Å². The summed E-state index contributed by atoms with van der Waals surface area (Å²) >= 11 is 0. The Morgan fingerprint density at radius 3 is 2.78 bits per heavy atom. The van der Waals surface area contributed by atoms with E-state index >= 15 is 0 Å². The van der Waals surface area contributed by atoms with Crippen molar-refractivity contribution in [3.8, 4) is 0 Å². The maximum absolute atomic E-state index is 12.4. The molecule has 0 aromatic heterocycles. The van der Waals surface area contributed by atoms with E-state index in [2.05, 4.69) is 10.2 Å². The van der Waals surface area contributed by atoms with Crippen LogP contribution in [0.2, 0.25) is 0 Å². The first-order valence-electron chi connectivity index (χ1n) is 9.79. The third-order valence-corrected chi connectivity index (χ3v) is 5.22. The SMILES string of the molecule is CCOC(=O)N1C=CC=C(N2CCC(C(=O)NCC3CCOC3)CC2)C=C1. The summed E-state index contributed by atoms with van der Waals surface area (Å²) in [4.78, 5) is 27.9. The largest absolute Gasteiger partial charge is 0.449 e. The minimum atomic E-state index is -0.386. The van der Waals surface area contributed by atoms with Gasteiger partial charge in [-0.2, -0.15) is 0 Å². The summed E-state index contributed by atoms with van der Waals surface area (Å²) in [6.45, 7) is 6.08. The molecule has 2 fully saturated rings. The van der Waals surface area contributed by atoms with Crippen molar-refractivity contribution < 1.29 is 19.1 Å². The zero-order valence-electron chi connectivity index (χ0n) is 15.9. The highest BCUT2D eigenvalue weighted by atomic mass is 16.6. The maximum Gasteiger partial charge on any atom is 0.417 e. The minimum Gasteiger partial charge on any atom is -0.449 e. The van der Waals surface area contributed by atoms with Gasteiger partial charge in [0.2, 0.25) is 5.91 Å². The molecule has 3 heterocycles. The number of nitrogens with zero attached hydrogens (tertiary/aromatic N) is 2. The molecule has 3 aliphatic heterocycles. The molecule has 0 spiro atoms. The molecule has 0 radical (unpaired) electrons. The fourth-order valence-corrected chi connectivity index (χ4v) is 3.56. The first kappa shape index (κ1) is 19.5. The molecule has 7 nitrogen and oxygen atoms in total. The highest BCUT2D eigenvalue weighted by Crippen LogP contribution is 2.23. The number of amides is 2. The molecule has 3 rings (SSSR count). The highest BCUT2D eigenvalue weighted by molar-refractivity contribution is 5.78. The number of ether oxygens (including phenoxy) is 2. The molecular weight excluding hydrogens is 346 g/mol. The molecule has 0 aliphatic carbocycles. The zero-order valence-corrected chi connectivity index (χ0v) is 15.9. The summed E-state index contributed by atoms with van der Waals surface area (Å²) in [5.41, 5.74) is 1.04. The monoisotopic (exact) mass is 375 g/mol. The van der Waals surface area contributed by atoms with Crippen LogP contribution >= 0.6 is 0 Å². The summed E-state index contributed by atoms with van der Waals surface area (Å²) < 4.78 is 10.4. The molecular formula is C20H29N3O4. The van der Waals surface area contributed by atoms with Gasteiger partial charge in [-0.15, -0.1) is 0 Å². The van der Waals surface area contributed by atoms with E-state index in [0.29, 0.717) is 12.5 Å². The van der Waals surface area contributed by atoms with Crippen molar-refractivity contribution in [2.24, 2.45) is 11.8 Å². The van der Waals surface area contributed by atoms with Gasteiger partial charge < -0.3 is 19.7 Å². The molecule has 3 aliphatic rings. The first-order valence-corrected chi connectivity index (χ1v) is 9.79. The summed E-state index contributed by atoms with van der Waals surface area (Å²) in [6, 6.07) is 0. The molecule has 2 amide bonds. The Kier molecular flexibility index (Phi) is 6.92. The number of carbonyl (C=O) groups excluding carboxylic acids is 2. The van der Waals surface area contributed by atoms with Crippen LogP contribution in [0.5, 0.6) is 0 Å². The van der Waals surface area contributed by atoms with Crippen LogP contribution in [0.4, 0.5) is 4.79 Å². The lowest BCUT2D eigenvalue weighted by molar-refractivity contribution is -0.126. The van der Waals surface area contributed by atoms with Crippen molar-refractivity contribution in [3.63, 3.8) is 0 Å². The van der Waals surface area contributed by atoms with E-state index in [1.165, 1.54) is 4.90 Å².